The van der Waals surface area contributed by atoms with Crippen LogP contribution >= 0.6 is 11.6 Å². The fourth-order valence-electron chi connectivity index (χ4n) is 1.44. The van der Waals surface area contributed by atoms with Gasteiger partial charge in [-0.15, -0.1) is 0 Å². The fraction of sp³-hybridized carbons (Fsp3) is 0.385. The molecule has 0 aromatic carbocycles. The second-order valence-corrected chi connectivity index (χ2v) is 5.00. The topological polar surface area (TPSA) is 108 Å². The summed E-state index contributed by atoms with van der Waals surface area (Å²) in [6.07, 6.45) is 0. The van der Waals surface area contributed by atoms with Gasteiger partial charge in [0.15, 0.2) is 0 Å². The smallest absolute Gasteiger partial charge is 0.322 e. The van der Waals surface area contributed by atoms with Crippen LogP contribution in [0.15, 0.2) is 12.1 Å². The average molecular weight is 314 g/mol. The molecule has 114 valence electrons. The molecule has 0 aliphatic carbocycles. The van der Waals surface area contributed by atoms with Crippen molar-refractivity contribution in [1.82, 2.24) is 15.6 Å². The lowest BCUT2D eigenvalue weighted by Gasteiger charge is -2.09. The minimum absolute atomic E-state index is 0.106. The van der Waals surface area contributed by atoms with Crippen molar-refractivity contribution in [3.63, 3.8) is 0 Å². The number of pyridine rings is 1. The van der Waals surface area contributed by atoms with Crippen molar-refractivity contribution in [3.05, 3.63) is 28.5 Å². The highest BCUT2D eigenvalue weighted by Gasteiger charge is 2.12. The number of halogens is 1. The van der Waals surface area contributed by atoms with E-state index in [1.165, 1.54) is 6.07 Å². The Morgan fingerprint density at radius 2 is 1.90 bits per heavy atom. The summed E-state index contributed by atoms with van der Waals surface area (Å²) >= 11 is 5.85. The number of hydrogen-bond donors (Lipinski definition) is 3. The molecule has 0 bridgehead atoms. The van der Waals surface area contributed by atoms with Crippen molar-refractivity contribution in [3.8, 4) is 0 Å². The van der Waals surface area contributed by atoms with E-state index in [2.05, 4.69) is 15.6 Å². The van der Waals surface area contributed by atoms with Crippen LogP contribution < -0.4 is 10.6 Å². The predicted octanol–water partition coefficient (Wildman–Crippen LogP) is 0.789. The van der Waals surface area contributed by atoms with Crippen LogP contribution in [0, 0.1) is 0 Å². The number of rotatable bonds is 6. The molecule has 0 saturated carbocycles. The van der Waals surface area contributed by atoms with Gasteiger partial charge >= 0.3 is 5.97 Å². The minimum atomic E-state index is -1.16. The highest BCUT2D eigenvalue weighted by Crippen LogP contribution is 2.17. The number of carboxylic acids is 1. The number of carboxylic acid groups (broad SMARTS) is 1. The molecule has 0 fully saturated rings. The Bertz CT molecular complexity index is 560. The van der Waals surface area contributed by atoms with Gasteiger partial charge in [-0.25, -0.2) is 4.98 Å². The third-order valence-electron chi connectivity index (χ3n) is 2.51. The van der Waals surface area contributed by atoms with E-state index in [1.54, 1.807) is 6.07 Å². The molecule has 0 saturated heterocycles. The van der Waals surface area contributed by atoms with Gasteiger partial charge in [-0.3, -0.25) is 14.4 Å². The summed E-state index contributed by atoms with van der Waals surface area (Å²) in [5.41, 5.74) is 0.965. The first-order valence-electron chi connectivity index (χ1n) is 6.23. The normalized spacial score (nSPS) is 10.3. The van der Waals surface area contributed by atoms with Crippen LogP contribution in [-0.4, -0.2) is 41.0 Å². The van der Waals surface area contributed by atoms with Crippen LogP contribution in [0.25, 0.3) is 0 Å². The van der Waals surface area contributed by atoms with Crippen molar-refractivity contribution in [1.29, 1.82) is 0 Å². The lowest BCUT2D eigenvalue weighted by molar-refractivity contribution is -0.137. The molecule has 1 aromatic heterocycles. The number of carbonyl (C=O) groups excluding carboxylic acids is 2. The van der Waals surface area contributed by atoms with E-state index in [-0.39, 0.29) is 17.6 Å². The molecule has 7 nitrogen and oxygen atoms in total. The zero-order valence-corrected chi connectivity index (χ0v) is 12.4. The SMILES string of the molecule is CC(C)c1cc(C(=O)NCC(=O)NCC(=O)O)cc(Cl)n1. The van der Waals surface area contributed by atoms with Gasteiger partial charge in [-0.1, -0.05) is 25.4 Å². The Kier molecular flexibility index (Phi) is 6.10. The Hall–Kier alpha value is -2.15. The number of hydrogen-bond acceptors (Lipinski definition) is 4. The van der Waals surface area contributed by atoms with Gasteiger partial charge in [-0.05, 0) is 18.1 Å². The van der Waals surface area contributed by atoms with Crippen molar-refractivity contribution >= 4 is 29.4 Å². The van der Waals surface area contributed by atoms with Crippen LogP contribution in [0.4, 0.5) is 0 Å². The lowest BCUT2D eigenvalue weighted by Crippen LogP contribution is -2.39. The predicted molar refractivity (Wildman–Crippen MR) is 76.3 cm³/mol. The van der Waals surface area contributed by atoms with Gasteiger partial charge in [-0.2, -0.15) is 0 Å². The van der Waals surface area contributed by atoms with Gasteiger partial charge < -0.3 is 15.7 Å². The standard InChI is InChI=1S/C13H16ClN3O4/c1-7(2)9-3-8(4-10(14)17-9)13(21)16-5-11(18)15-6-12(19)20/h3-4,7H,5-6H2,1-2H3,(H,15,18)(H,16,21)(H,19,20). The first kappa shape index (κ1) is 16.9. The number of carbonyl (C=O) groups is 3. The van der Waals surface area contributed by atoms with E-state index in [0.29, 0.717) is 11.3 Å². The van der Waals surface area contributed by atoms with E-state index in [0.717, 1.165) is 0 Å². The Morgan fingerprint density at radius 3 is 2.48 bits per heavy atom. The monoisotopic (exact) mass is 313 g/mol. The number of nitrogens with one attached hydrogen (secondary N) is 2. The third kappa shape index (κ3) is 5.78. The Labute approximate surface area is 126 Å². The molecule has 0 atom stereocenters. The molecule has 0 unspecified atom stereocenters. The second kappa shape index (κ2) is 7.58. The maximum atomic E-state index is 11.9. The summed E-state index contributed by atoms with van der Waals surface area (Å²) in [7, 11) is 0. The van der Waals surface area contributed by atoms with E-state index in [1.807, 2.05) is 13.8 Å². The van der Waals surface area contributed by atoms with Gasteiger partial charge in [0.1, 0.15) is 11.7 Å². The zero-order valence-electron chi connectivity index (χ0n) is 11.6. The van der Waals surface area contributed by atoms with Crippen LogP contribution in [0.2, 0.25) is 5.15 Å². The van der Waals surface area contributed by atoms with Crippen molar-refractivity contribution < 1.29 is 19.5 Å². The zero-order chi connectivity index (χ0) is 16.0. The highest BCUT2D eigenvalue weighted by molar-refractivity contribution is 6.29. The van der Waals surface area contributed by atoms with E-state index in [4.69, 9.17) is 16.7 Å². The molecule has 1 rings (SSSR count). The van der Waals surface area contributed by atoms with Crippen LogP contribution in [0.3, 0.4) is 0 Å². The number of nitrogens with zero attached hydrogens (tertiary/aromatic N) is 1. The quantitative estimate of drug-likeness (QED) is 0.673. The largest absolute Gasteiger partial charge is 0.480 e. The summed E-state index contributed by atoms with van der Waals surface area (Å²) in [6.45, 7) is 3.02. The second-order valence-electron chi connectivity index (χ2n) is 4.61. The molecule has 8 heteroatoms. The molecule has 0 spiro atoms. The fourth-order valence-corrected chi connectivity index (χ4v) is 1.66. The Balaban J connectivity index is 2.63. The molecule has 3 N–H and O–H groups in total. The number of amides is 2. The molecular formula is C13H16ClN3O4. The Morgan fingerprint density at radius 1 is 1.24 bits per heavy atom. The highest BCUT2D eigenvalue weighted by atomic mass is 35.5. The number of aromatic nitrogens is 1. The molecule has 1 heterocycles. The first-order chi connectivity index (χ1) is 9.79. The molecular weight excluding hydrogens is 298 g/mol. The summed E-state index contributed by atoms with van der Waals surface area (Å²) in [5, 5.41) is 13.1. The van der Waals surface area contributed by atoms with Crippen LogP contribution in [-0.2, 0) is 9.59 Å². The average Bonchev–Trinajstić information content (AvgIpc) is 2.41. The van der Waals surface area contributed by atoms with Gasteiger partial charge in [0.25, 0.3) is 5.91 Å². The van der Waals surface area contributed by atoms with E-state index in [9.17, 15) is 14.4 Å². The van der Waals surface area contributed by atoms with Gasteiger partial charge in [0.05, 0.1) is 6.54 Å². The van der Waals surface area contributed by atoms with Crippen LogP contribution in [0.1, 0.15) is 35.8 Å². The van der Waals surface area contributed by atoms with Crippen molar-refractivity contribution in [2.24, 2.45) is 0 Å². The maximum absolute atomic E-state index is 11.9. The van der Waals surface area contributed by atoms with Crippen molar-refractivity contribution in [2.75, 3.05) is 13.1 Å². The third-order valence-corrected chi connectivity index (χ3v) is 2.71. The molecule has 21 heavy (non-hydrogen) atoms. The molecule has 1 aromatic rings. The number of aliphatic carboxylic acids is 1. The van der Waals surface area contributed by atoms with E-state index < -0.39 is 24.3 Å². The molecule has 0 aliphatic heterocycles. The maximum Gasteiger partial charge on any atom is 0.322 e. The first-order valence-corrected chi connectivity index (χ1v) is 6.61. The van der Waals surface area contributed by atoms with Crippen molar-refractivity contribution in [2.45, 2.75) is 19.8 Å². The van der Waals surface area contributed by atoms with Crippen LogP contribution in [0.5, 0.6) is 0 Å². The minimum Gasteiger partial charge on any atom is -0.480 e. The molecule has 2 amide bonds. The molecule has 0 aliphatic rings. The van der Waals surface area contributed by atoms with Gasteiger partial charge in [0.2, 0.25) is 5.91 Å². The van der Waals surface area contributed by atoms with Gasteiger partial charge in [0, 0.05) is 11.3 Å². The summed E-state index contributed by atoms with van der Waals surface area (Å²) in [6, 6.07) is 3.00. The summed E-state index contributed by atoms with van der Waals surface area (Å²) < 4.78 is 0. The summed E-state index contributed by atoms with van der Waals surface area (Å²) in [5.74, 6) is -2.12. The van der Waals surface area contributed by atoms with E-state index >= 15 is 0 Å². The lowest BCUT2D eigenvalue weighted by atomic mass is 10.1. The summed E-state index contributed by atoms with van der Waals surface area (Å²) in [4.78, 5) is 37.6. The molecule has 0 radical (unpaired) electrons.